The third-order valence-electron chi connectivity index (χ3n) is 3.21. The summed E-state index contributed by atoms with van der Waals surface area (Å²) in [5.74, 6) is 2.17. The molecule has 0 atom stereocenters. The SMILES string of the molecule is COc1cc2c(c(-c3cnn(C)c3N)c1Cl)OCCO2. The highest BCUT2D eigenvalue weighted by atomic mass is 35.5. The van der Waals surface area contributed by atoms with Crippen molar-refractivity contribution in [2.24, 2.45) is 7.05 Å². The number of hydrogen-bond acceptors (Lipinski definition) is 5. The lowest BCUT2D eigenvalue weighted by Crippen LogP contribution is -2.16. The number of halogens is 1. The largest absolute Gasteiger partial charge is 0.495 e. The number of benzene rings is 1. The number of nitrogens with zero attached hydrogens (tertiary/aromatic N) is 2. The van der Waals surface area contributed by atoms with Crippen LogP contribution in [-0.2, 0) is 7.05 Å². The molecule has 1 aromatic carbocycles. The van der Waals surface area contributed by atoms with Crippen LogP contribution in [0.15, 0.2) is 12.3 Å². The van der Waals surface area contributed by atoms with Crippen LogP contribution in [0.1, 0.15) is 0 Å². The Bertz CT molecular complexity index is 669. The fraction of sp³-hybridized carbons (Fsp3) is 0.308. The molecular weight excluding hydrogens is 282 g/mol. The number of methoxy groups -OCH3 is 1. The summed E-state index contributed by atoms with van der Waals surface area (Å²) in [4.78, 5) is 0. The molecule has 0 radical (unpaired) electrons. The number of anilines is 1. The van der Waals surface area contributed by atoms with E-state index in [2.05, 4.69) is 5.10 Å². The van der Waals surface area contributed by atoms with Crippen LogP contribution in [0.5, 0.6) is 17.2 Å². The molecule has 0 amide bonds. The molecule has 6 nitrogen and oxygen atoms in total. The van der Waals surface area contributed by atoms with Crippen molar-refractivity contribution in [3.63, 3.8) is 0 Å². The van der Waals surface area contributed by atoms with Gasteiger partial charge in [-0.3, -0.25) is 4.68 Å². The van der Waals surface area contributed by atoms with Gasteiger partial charge in [0.1, 0.15) is 24.8 Å². The zero-order valence-corrected chi connectivity index (χ0v) is 11.9. The van der Waals surface area contributed by atoms with E-state index in [1.54, 1.807) is 31.1 Å². The molecule has 1 aromatic heterocycles. The van der Waals surface area contributed by atoms with Gasteiger partial charge in [0.25, 0.3) is 0 Å². The highest BCUT2D eigenvalue weighted by molar-refractivity contribution is 6.35. The van der Waals surface area contributed by atoms with Crippen LogP contribution in [0.2, 0.25) is 5.02 Å². The van der Waals surface area contributed by atoms with Gasteiger partial charge < -0.3 is 19.9 Å². The highest BCUT2D eigenvalue weighted by Crippen LogP contribution is 2.50. The number of rotatable bonds is 2. The molecule has 0 bridgehead atoms. The number of nitrogen functional groups attached to an aromatic ring is 1. The molecule has 0 unspecified atom stereocenters. The van der Waals surface area contributed by atoms with Crippen molar-refractivity contribution in [1.82, 2.24) is 9.78 Å². The second-order valence-corrected chi connectivity index (χ2v) is 4.74. The third kappa shape index (κ3) is 1.84. The van der Waals surface area contributed by atoms with Crippen molar-refractivity contribution in [3.8, 4) is 28.4 Å². The first-order valence-corrected chi connectivity index (χ1v) is 6.45. The van der Waals surface area contributed by atoms with Crippen LogP contribution >= 0.6 is 11.6 Å². The Hall–Kier alpha value is -2.08. The summed E-state index contributed by atoms with van der Waals surface area (Å²) in [5.41, 5.74) is 7.37. The van der Waals surface area contributed by atoms with Crippen LogP contribution in [0.4, 0.5) is 5.82 Å². The summed E-state index contributed by atoms with van der Waals surface area (Å²) < 4.78 is 18.1. The topological polar surface area (TPSA) is 71.5 Å². The number of ether oxygens (including phenoxy) is 3. The van der Waals surface area contributed by atoms with Crippen LogP contribution in [0.25, 0.3) is 11.1 Å². The van der Waals surface area contributed by atoms with Crippen LogP contribution in [-0.4, -0.2) is 30.1 Å². The predicted octanol–water partition coefficient (Wildman–Crippen LogP) is 2.10. The van der Waals surface area contributed by atoms with Gasteiger partial charge in [-0.1, -0.05) is 11.6 Å². The van der Waals surface area contributed by atoms with Gasteiger partial charge in [-0.25, -0.2) is 0 Å². The minimum Gasteiger partial charge on any atom is -0.495 e. The Morgan fingerprint density at radius 2 is 2.15 bits per heavy atom. The van der Waals surface area contributed by atoms with Gasteiger partial charge in [0.15, 0.2) is 11.5 Å². The van der Waals surface area contributed by atoms with Gasteiger partial charge in [-0.05, 0) is 0 Å². The van der Waals surface area contributed by atoms with Crippen molar-refractivity contribution in [1.29, 1.82) is 0 Å². The number of nitrogens with two attached hydrogens (primary N) is 1. The van der Waals surface area contributed by atoms with Crippen molar-refractivity contribution in [2.45, 2.75) is 0 Å². The first kappa shape index (κ1) is 12.9. The van der Waals surface area contributed by atoms with Gasteiger partial charge in [0.2, 0.25) is 0 Å². The standard InChI is InChI=1S/C13H14ClN3O3/c1-17-13(15)7(6-16-17)10-11(14)8(18-2)5-9-12(10)20-4-3-19-9/h5-6H,3-4,15H2,1-2H3. The highest BCUT2D eigenvalue weighted by Gasteiger charge is 2.26. The first-order valence-electron chi connectivity index (χ1n) is 6.07. The minimum atomic E-state index is 0.427. The molecule has 3 rings (SSSR count). The Morgan fingerprint density at radius 3 is 2.80 bits per heavy atom. The first-order chi connectivity index (χ1) is 9.63. The molecule has 20 heavy (non-hydrogen) atoms. The van der Waals surface area contributed by atoms with E-state index in [0.717, 1.165) is 0 Å². The molecule has 2 aromatic rings. The van der Waals surface area contributed by atoms with E-state index in [1.807, 2.05) is 0 Å². The molecule has 0 aliphatic carbocycles. The Balaban J connectivity index is 2.30. The maximum absolute atomic E-state index is 6.41. The summed E-state index contributed by atoms with van der Waals surface area (Å²) >= 11 is 6.41. The molecule has 1 aliphatic rings. The average Bonchev–Trinajstić information content (AvgIpc) is 2.78. The molecular formula is C13H14ClN3O3. The fourth-order valence-corrected chi connectivity index (χ4v) is 2.49. The van der Waals surface area contributed by atoms with Crippen LogP contribution < -0.4 is 19.9 Å². The molecule has 2 heterocycles. The van der Waals surface area contributed by atoms with Crippen molar-refractivity contribution < 1.29 is 14.2 Å². The fourth-order valence-electron chi connectivity index (χ4n) is 2.17. The third-order valence-corrected chi connectivity index (χ3v) is 3.59. The van der Waals surface area contributed by atoms with Gasteiger partial charge >= 0.3 is 0 Å². The van der Waals surface area contributed by atoms with E-state index in [-0.39, 0.29) is 0 Å². The lowest BCUT2D eigenvalue weighted by atomic mass is 10.1. The number of fused-ring (bicyclic) bond motifs is 1. The minimum absolute atomic E-state index is 0.427. The van der Waals surface area contributed by atoms with E-state index in [9.17, 15) is 0 Å². The lowest BCUT2D eigenvalue weighted by Gasteiger charge is -2.23. The predicted molar refractivity (Wildman–Crippen MR) is 75.6 cm³/mol. The lowest BCUT2D eigenvalue weighted by molar-refractivity contribution is 0.171. The van der Waals surface area contributed by atoms with Crippen molar-refractivity contribution in [3.05, 3.63) is 17.3 Å². The Kier molecular flexibility index (Phi) is 3.10. The zero-order valence-electron chi connectivity index (χ0n) is 11.1. The Morgan fingerprint density at radius 1 is 1.40 bits per heavy atom. The summed E-state index contributed by atoms with van der Waals surface area (Å²) in [7, 11) is 3.31. The molecule has 2 N–H and O–H groups in total. The summed E-state index contributed by atoms with van der Waals surface area (Å²) in [6.45, 7) is 0.947. The van der Waals surface area contributed by atoms with Crippen molar-refractivity contribution in [2.75, 3.05) is 26.1 Å². The second kappa shape index (κ2) is 4.79. The molecule has 1 aliphatic heterocycles. The number of aromatic nitrogens is 2. The maximum Gasteiger partial charge on any atom is 0.171 e. The zero-order chi connectivity index (χ0) is 14.3. The molecule has 0 fully saturated rings. The second-order valence-electron chi connectivity index (χ2n) is 4.36. The van der Waals surface area contributed by atoms with Gasteiger partial charge in [-0.15, -0.1) is 0 Å². The van der Waals surface area contributed by atoms with E-state index >= 15 is 0 Å². The van der Waals surface area contributed by atoms with Gasteiger partial charge in [0, 0.05) is 18.7 Å². The summed E-state index contributed by atoms with van der Waals surface area (Å²) in [5, 5.41) is 4.56. The molecule has 0 saturated carbocycles. The Labute approximate surface area is 121 Å². The van der Waals surface area contributed by atoms with E-state index in [1.165, 1.54) is 0 Å². The summed E-state index contributed by atoms with van der Waals surface area (Å²) in [6, 6.07) is 1.72. The number of hydrogen-bond donors (Lipinski definition) is 1. The van der Waals surface area contributed by atoms with Gasteiger partial charge in [0.05, 0.1) is 23.9 Å². The smallest absolute Gasteiger partial charge is 0.171 e. The molecule has 0 saturated heterocycles. The average molecular weight is 296 g/mol. The van der Waals surface area contributed by atoms with Crippen LogP contribution in [0, 0.1) is 0 Å². The molecule has 106 valence electrons. The maximum atomic E-state index is 6.41. The van der Waals surface area contributed by atoms with E-state index in [4.69, 9.17) is 31.5 Å². The van der Waals surface area contributed by atoms with Gasteiger partial charge in [-0.2, -0.15) is 5.10 Å². The monoisotopic (exact) mass is 295 g/mol. The summed E-state index contributed by atoms with van der Waals surface area (Å²) in [6.07, 6.45) is 1.65. The van der Waals surface area contributed by atoms with E-state index < -0.39 is 0 Å². The molecule has 0 spiro atoms. The number of aryl methyl sites for hydroxylation is 1. The quantitative estimate of drug-likeness (QED) is 0.918. The van der Waals surface area contributed by atoms with Crippen molar-refractivity contribution >= 4 is 17.4 Å². The van der Waals surface area contributed by atoms with Crippen LogP contribution in [0.3, 0.4) is 0 Å². The normalized spacial score (nSPS) is 13.3. The van der Waals surface area contributed by atoms with E-state index in [0.29, 0.717) is 52.4 Å². The molecule has 7 heteroatoms.